The van der Waals surface area contributed by atoms with Crippen LogP contribution < -0.4 is 16.4 Å². The summed E-state index contributed by atoms with van der Waals surface area (Å²) in [6.07, 6.45) is 3.56. The van der Waals surface area contributed by atoms with Gasteiger partial charge in [0.1, 0.15) is 0 Å². The smallest absolute Gasteiger partial charge is 0.249 e. The summed E-state index contributed by atoms with van der Waals surface area (Å²) in [6, 6.07) is 5.10. The molecule has 112 valence electrons. The number of fused-ring (bicyclic) bond motifs is 1. The van der Waals surface area contributed by atoms with Crippen molar-refractivity contribution < 1.29 is 9.59 Å². The van der Waals surface area contributed by atoms with Crippen LogP contribution in [0, 0.1) is 18.8 Å². The van der Waals surface area contributed by atoms with Gasteiger partial charge < -0.3 is 16.4 Å². The maximum atomic E-state index is 12.5. The summed E-state index contributed by atoms with van der Waals surface area (Å²) in [5.74, 6) is 0.607. The van der Waals surface area contributed by atoms with Gasteiger partial charge >= 0.3 is 0 Å². The standard InChI is InChI=1S/C16H21N3O2/c1-9-11(15(17)20)5-3-7-13(9)19-16(21)14-12-6-2-4-10(12)8-18-14/h3,5,7,10,12,14,18H,2,4,6,8H2,1H3,(H2,17,20)(H,19,21). The van der Waals surface area contributed by atoms with Crippen molar-refractivity contribution in [2.24, 2.45) is 17.6 Å². The molecule has 5 heteroatoms. The topological polar surface area (TPSA) is 84.2 Å². The van der Waals surface area contributed by atoms with Crippen LogP contribution in [0.2, 0.25) is 0 Å². The third kappa shape index (κ3) is 2.53. The second-order valence-corrected chi connectivity index (χ2v) is 6.07. The maximum Gasteiger partial charge on any atom is 0.249 e. The molecule has 1 aliphatic heterocycles. The van der Waals surface area contributed by atoms with E-state index in [1.54, 1.807) is 25.1 Å². The minimum Gasteiger partial charge on any atom is -0.366 e. The molecule has 5 nitrogen and oxygen atoms in total. The number of amides is 2. The van der Waals surface area contributed by atoms with E-state index >= 15 is 0 Å². The molecule has 2 aliphatic rings. The molecule has 4 N–H and O–H groups in total. The molecular weight excluding hydrogens is 266 g/mol. The van der Waals surface area contributed by atoms with Gasteiger partial charge in [-0.1, -0.05) is 12.5 Å². The van der Waals surface area contributed by atoms with Crippen LogP contribution in [0.3, 0.4) is 0 Å². The van der Waals surface area contributed by atoms with Gasteiger partial charge in [-0.25, -0.2) is 0 Å². The summed E-state index contributed by atoms with van der Waals surface area (Å²) in [7, 11) is 0. The highest BCUT2D eigenvalue weighted by Gasteiger charge is 2.42. The summed E-state index contributed by atoms with van der Waals surface area (Å²) >= 11 is 0. The van der Waals surface area contributed by atoms with Crippen LogP contribution in [-0.2, 0) is 4.79 Å². The molecule has 0 radical (unpaired) electrons. The van der Waals surface area contributed by atoms with Gasteiger partial charge in [0, 0.05) is 11.3 Å². The molecular formula is C16H21N3O2. The largest absolute Gasteiger partial charge is 0.366 e. The average Bonchev–Trinajstić information content (AvgIpc) is 3.03. The number of hydrogen-bond acceptors (Lipinski definition) is 3. The van der Waals surface area contributed by atoms with Crippen molar-refractivity contribution in [3.8, 4) is 0 Å². The van der Waals surface area contributed by atoms with Crippen molar-refractivity contribution in [1.29, 1.82) is 0 Å². The van der Waals surface area contributed by atoms with Crippen LogP contribution in [0.5, 0.6) is 0 Å². The molecule has 3 rings (SSSR count). The van der Waals surface area contributed by atoms with Crippen molar-refractivity contribution >= 4 is 17.5 Å². The SMILES string of the molecule is Cc1c(NC(=O)C2NCC3CCCC32)cccc1C(N)=O. The van der Waals surface area contributed by atoms with E-state index in [2.05, 4.69) is 10.6 Å². The van der Waals surface area contributed by atoms with Gasteiger partial charge in [0.25, 0.3) is 0 Å². The number of primary amides is 1. The third-order valence-corrected chi connectivity index (χ3v) is 4.89. The van der Waals surface area contributed by atoms with Gasteiger partial charge in [0.05, 0.1) is 6.04 Å². The van der Waals surface area contributed by atoms with Crippen molar-refractivity contribution in [1.82, 2.24) is 5.32 Å². The van der Waals surface area contributed by atoms with Gasteiger partial charge in [-0.15, -0.1) is 0 Å². The minimum absolute atomic E-state index is 0.00544. The number of benzene rings is 1. The van der Waals surface area contributed by atoms with Gasteiger partial charge in [-0.2, -0.15) is 0 Å². The zero-order chi connectivity index (χ0) is 15.0. The minimum atomic E-state index is -0.474. The molecule has 2 amide bonds. The summed E-state index contributed by atoms with van der Waals surface area (Å²) in [6.45, 7) is 2.74. The van der Waals surface area contributed by atoms with Gasteiger partial charge in [0.2, 0.25) is 11.8 Å². The zero-order valence-electron chi connectivity index (χ0n) is 12.2. The Morgan fingerprint density at radius 2 is 2.14 bits per heavy atom. The molecule has 3 atom stereocenters. The summed E-state index contributed by atoms with van der Waals surface area (Å²) in [4.78, 5) is 23.9. The molecule has 0 aromatic heterocycles. The molecule has 1 saturated heterocycles. The molecule has 2 fully saturated rings. The normalized spacial score (nSPS) is 27.4. The maximum absolute atomic E-state index is 12.5. The van der Waals surface area contributed by atoms with Crippen LogP contribution in [0.25, 0.3) is 0 Å². The van der Waals surface area contributed by atoms with Crippen LogP contribution in [0.1, 0.15) is 35.2 Å². The van der Waals surface area contributed by atoms with Crippen molar-refractivity contribution in [3.05, 3.63) is 29.3 Å². The summed E-state index contributed by atoms with van der Waals surface area (Å²) < 4.78 is 0. The Morgan fingerprint density at radius 3 is 2.90 bits per heavy atom. The first-order valence-electron chi connectivity index (χ1n) is 7.51. The number of carbonyl (C=O) groups excluding carboxylic acids is 2. The molecule has 1 aromatic rings. The number of hydrogen-bond donors (Lipinski definition) is 3. The second-order valence-electron chi connectivity index (χ2n) is 6.07. The fraction of sp³-hybridized carbons (Fsp3) is 0.500. The predicted octanol–water partition coefficient (Wildman–Crippen LogP) is 1.42. The van der Waals surface area contributed by atoms with E-state index in [4.69, 9.17) is 5.73 Å². The first-order valence-corrected chi connectivity index (χ1v) is 7.51. The second kappa shape index (κ2) is 5.48. The Morgan fingerprint density at radius 1 is 1.33 bits per heavy atom. The molecule has 0 spiro atoms. The molecule has 1 aromatic carbocycles. The fourth-order valence-corrected chi connectivity index (χ4v) is 3.72. The Bertz CT molecular complexity index is 585. The van der Waals surface area contributed by atoms with Crippen LogP contribution >= 0.6 is 0 Å². The van der Waals surface area contributed by atoms with Crippen molar-refractivity contribution in [2.45, 2.75) is 32.2 Å². The summed E-state index contributed by atoms with van der Waals surface area (Å²) in [5, 5.41) is 6.28. The lowest BCUT2D eigenvalue weighted by Crippen LogP contribution is -2.40. The lowest BCUT2D eigenvalue weighted by atomic mass is 9.93. The van der Waals surface area contributed by atoms with E-state index in [1.165, 1.54) is 12.8 Å². The quantitative estimate of drug-likeness (QED) is 0.786. The lowest BCUT2D eigenvalue weighted by molar-refractivity contribution is -0.118. The van der Waals surface area contributed by atoms with E-state index in [9.17, 15) is 9.59 Å². The van der Waals surface area contributed by atoms with Crippen LogP contribution in [0.15, 0.2) is 18.2 Å². The number of rotatable bonds is 3. The Hall–Kier alpha value is -1.88. The van der Waals surface area contributed by atoms with Crippen molar-refractivity contribution in [3.63, 3.8) is 0 Å². The van der Waals surface area contributed by atoms with Crippen LogP contribution in [0.4, 0.5) is 5.69 Å². The highest BCUT2D eigenvalue weighted by atomic mass is 16.2. The highest BCUT2D eigenvalue weighted by molar-refractivity contribution is 6.00. The Labute approximate surface area is 124 Å². The predicted molar refractivity (Wildman–Crippen MR) is 80.9 cm³/mol. The highest BCUT2D eigenvalue weighted by Crippen LogP contribution is 2.38. The van der Waals surface area contributed by atoms with Gasteiger partial charge in [-0.05, 0) is 55.8 Å². The first kappa shape index (κ1) is 14.1. The number of nitrogens with two attached hydrogens (primary N) is 1. The molecule has 1 heterocycles. The van der Waals surface area contributed by atoms with E-state index in [1.807, 2.05) is 0 Å². The molecule has 3 unspecified atom stereocenters. The molecule has 1 saturated carbocycles. The number of nitrogens with one attached hydrogen (secondary N) is 2. The molecule has 0 bridgehead atoms. The molecule has 21 heavy (non-hydrogen) atoms. The van der Waals surface area contributed by atoms with E-state index < -0.39 is 5.91 Å². The zero-order valence-corrected chi connectivity index (χ0v) is 12.2. The monoisotopic (exact) mass is 287 g/mol. The fourth-order valence-electron chi connectivity index (χ4n) is 3.72. The van der Waals surface area contributed by atoms with Gasteiger partial charge in [-0.3, -0.25) is 9.59 Å². The molecule has 1 aliphatic carbocycles. The third-order valence-electron chi connectivity index (χ3n) is 4.89. The Kier molecular flexibility index (Phi) is 3.68. The first-order chi connectivity index (χ1) is 10.1. The van der Waals surface area contributed by atoms with E-state index in [0.29, 0.717) is 23.1 Å². The van der Waals surface area contributed by atoms with Gasteiger partial charge in [0.15, 0.2) is 0 Å². The van der Waals surface area contributed by atoms with E-state index in [-0.39, 0.29) is 11.9 Å². The van der Waals surface area contributed by atoms with Crippen LogP contribution in [-0.4, -0.2) is 24.4 Å². The number of anilines is 1. The van der Waals surface area contributed by atoms with Crippen molar-refractivity contribution in [2.75, 3.05) is 11.9 Å². The lowest BCUT2D eigenvalue weighted by Gasteiger charge is -2.19. The Balaban J connectivity index is 1.76. The summed E-state index contributed by atoms with van der Waals surface area (Å²) in [5.41, 5.74) is 7.18. The van der Waals surface area contributed by atoms with E-state index in [0.717, 1.165) is 18.5 Å². The number of carbonyl (C=O) groups is 2. The average molecular weight is 287 g/mol.